The Hall–Kier alpha value is -7.14. The highest BCUT2D eigenvalue weighted by atomic mass is 28.3. The molecule has 3 aliphatic rings. The molecule has 3 aliphatic heterocycles. The van der Waals surface area contributed by atoms with Gasteiger partial charge in [0.25, 0.3) is 6.71 Å². The van der Waals surface area contributed by atoms with Crippen molar-refractivity contribution in [1.82, 2.24) is 0 Å². The van der Waals surface area contributed by atoms with Gasteiger partial charge in [-0.25, -0.2) is 0 Å². The predicted molar refractivity (Wildman–Crippen MR) is 291 cm³/mol. The number of rotatable bonds is 5. The molecule has 0 unspecified atom stereocenters. The normalized spacial score (nSPS) is 14.2. The fourth-order valence-electron chi connectivity index (χ4n) is 11.7. The van der Waals surface area contributed by atoms with E-state index >= 15 is 0 Å². The van der Waals surface area contributed by atoms with E-state index in [0.29, 0.717) is 0 Å². The smallest absolute Gasteiger partial charge is 0.252 e. The third-order valence-corrected chi connectivity index (χ3v) is 19.8. The summed E-state index contributed by atoms with van der Waals surface area (Å²) < 4.78 is 0. The first-order valence-electron chi connectivity index (χ1n) is 24.0. The lowest BCUT2D eigenvalue weighted by atomic mass is 9.33. The fraction of sp³-hybridized carbons (Fsp3) is 0.143. The SMILES string of the molecule is Cc1ccccc1-c1cc2c3c(c1)N(c1cccc(C(C)(C)C)c1)c1cc(C(C)(C)C)ccc1B3c1ccccc1N2c1ccc2c(c1)[Si](c1ccccc1)(c1ccccc1)c1ccccc1-2. The van der Waals surface area contributed by atoms with Gasteiger partial charge in [0, 0.05) is 34.1 Å². The molecule has 12 rings (SSSR count). The number of fused-ring (bicyclic) bond motifs is 7. The van der Waals surface area contributed by atoms with Crippen molar-refractivity contribution < 1.29 is 0 Å². The van der Waals surface area contributed by atoms with E-state index in [1.54, 1.807) is 0 Å². The van der Waals surface area contributed by atoms with Crippen molar-refractivity contribution in [3.8, 4) is 22.3 Å². The molecule has 0 amide bonds. The van der Waals surface area contributed by atoms with Crippen LogP contribution in [0.3, 0.4) is 0 Å². The molecule has 2 nitrogen and oxygen atoms in total. The molecule has 0 aromatic heterocycles. The van der Waals surface area contributed by atoms with Crippen LogP contribution in [-0.4, -0.2) is 14.8 Å². The third-order valence-electron chi connectivity index (χ3n) is 15.0. The van der Waals surface area contributed by atoms with Crippen LogP contribution in [0.2, 0.25) is 0 Å². The molecule has 0 fully saturated rings. The van der Waals surface area contributed by atoms with E-state index in [9.17, 15) is 0 Å². The van der Waals surface area contributed by atoms with Crippen LogP contribution in [0.4, 0.5) is 34.1 Å². The molecular weight excluding hydrogens is 824 g/mol. The quantitative estimate of drug-likeness (QED) is 0.159. The number of para-hydroxylation sites is 1. The van der Waals surface area contributed by atoms with Crippen LogP contribution in [0.25, 0.3) is 22.3 Å². The molecule has 0 saturated carbocycles. The van der Waals surface area contributed by atoms with Gasteiger partial charge in [-0.15, -0.1) is 0 Å². The number of benzene rings is 9. The summed E-state index contributed by atoms with van der Waals surface area (Å²) in [6, 6.07) is 79.2. The van der Waals surface area contributed by atoms with Crippen LogP contribution >= 0.6 is 0 Å². The van der Waals surface area contributed by atoms with Gasteiger partial charge in [0.1, 0.15) is 0 Å². The monoisotopic (exact) mass is 878 g/mol. The molecule has 9 aromatic rings. The van der Waals surface area contributed by atoms with Crippen LogP contribution in [0, 0.1) is 6.92 Å². The second kappa shape index (κ2) is 15.2. The fourth-order valence-corrected chi connectivity index (χ4v) is 16.9. The van der Waals surface area contributed by atoms with Gasteiger partial charge in [0.15, 0.2) is 8.07 Å². The van der Waals surface area contributed by atoms with E-state index in [4.69, 9.17) is 0 Å². The molecule has 0 saturated heterocycles. The maximum Gasteiger partial charge on any atom is 0.252 e. The summed E-state index contributed by atoms with van der Waals surface area (Å²) in [5.41, 5.74) is 20.3. The zero-order valence-electron chi connectivity index (χ0n) is 39.6. The Labute approximate surface area is 398 Å². The van der Waals surface area contributed by atoms with Gasteiger partial charge in [0.2, 0.25) is 0 Å². The van der Waals surface area contributed by atoms with Crippen LogP contribution in [-0.2, 0) is 10.8 Å². The number of hydrogen-bond acceptors (Lipinski definition) is 2. The van der Waals surface area contributed by atoms with Crippen molar-refractivity contribution >= 4 is 86.0 Å². The molecule has 4 heteroatoms. The van der Waals surface area contributed by atoms with Gasteiger partial charge >= 0.3 is 0 Å². The highest BCUT2D eigenvalue weighted by molar-refractivity contribution is 7.22. The molecular formula is C63H55BN2Si. The second-order valence-corrected chi connectivity index (χ2v) is 24.7. The number of hydrogen-bond donors (Lipinski definition) is 0. The zero-order chi connectivity index (χ0) is 45.8. The van der Waals surface area contributed by atoms with Crippen molar-refractivity contribution in [2.24, 2.45) is 0 Å². The van der Waals surface area contributed by atoms with E-state index in [2.05, 4.69) is 265 Å². The van der Waals surface area contributed by atoms with Crippen LogP contribution in [0.15, 0.2) is 206 Å². The van der Waals surface area contributed by atoms with E-state index in [-0.39, 0.29) is 17.5 Å². The molecule has 9 aromatic carbocycles. The van der Waals surface area contributed by atoms with Gasteiger partial charge in [-0.3, -0.25) is 0 Å². The summed E-state index contributed by atoms with van der Waals surface area (Å²) in [4.78, 5) is 5.22. The average molecular weight is 879 g/mol. The van der Waals surface area contributed by atoms with Gasteiger partial charge in [0.05, 0.1) is 0 Å². The van der Waals surface area contributed by atoms with E-state index in [0.717, 1.165) is 0 Å². The van der Waals surface area contributed by atoms with Crippen molar-refractivity contribution in [1.29, 1.82) is 0 Å². The van der Waals surface area contributed by atoms with Gasteiger partial charge in [-0.05, 0) is 142 Å². The van der Waals surface area contributed by atoms with Crippen LogP contribution in [0.1, 0.15) is 58.2 Å². The van der Waals surface area contributed by atoms with Gasteiger partial charge in [-0.1, -0.05) is 199 Å². The minimum atomic E-state index is -2.77. The van der Waals surface area contributed by atoms with E-state index < -0.39 is 8.07 Å². The lowest BCUT2D eigenvalue weighted by molar-refractivity contribution is 0.590. The van der Waals surface area contributed by atoms with Crippen molar-refractivity contribution in [3.63, 3.8) is 0 Å². The Morgan fingerprint density at radius 3 is 1.63 bits per heavy atom. The molecule has 0 aliphatic carbocycles. The lowest BCUT2D eigenvalue weighted by Crippen LogP contribution is -2.72. The number of aryl methyl sites for hydroxylation is 1. The first-order chi connectivity index (χ1) is 32.4. The Bertz CT molecular complexity index is 3380. The Morgan fingerprint density at radius 1 is 0.388 bits per heavy atom. The minimum Gasteiger partial charge on any atom is -0.311 e. The third kappa shape index (κ3) is 6.30. The molecule has 0 atom stereocenters. The topological polar surface area (TPSA) is 6.48 Å². The summed E-state index contributed by atoms with van der Waals surface area (Å²) in [7, 11) is -2.77. The van der Waals surface area contributed by atoms with Crippen molar-refractivity contribution in [3.05, 3.63) is 223 Å². The molecule has 0 N–H and O–H groups in total. The van der Waals surface area contributed by atoms with Crippen molar-refractivity contribution in [2.75, 3.05) is 9.80 Å². The number of anilines is 6. The van der Waals surface area contributed by atoms with E-state index in [1.807, 2.05) is 0 Å². The summed E-state index contributed by atoms with van der Waals surface area (Å²) in [6.45, 7) is 16.2. The standard InChI is InChI=1S/C63H55BN2Si/c1-42-21-14-15-28-50(42)43-37-57-61-58(38-43)66(46-23-20-22-44(39-46)62(2,3)4)56-40-45(63(5,6)7)33-36-54(56)64(61)53-30-17-18-31-55(53)65(57)47-34-35-52-51-29-16-19-32-59(51)67(60(52)41-47,48-24-10-8-11-25-48)49-26-12-9-13-27-49/h8-41H,1-7H3. The molecule has 0 bridgehead atoms. The Morgan fingerprint density at radius 2 is 0.940 bits per heavy atom. The second-order valence-electron chi connectivity index (χ2n) is 21.0. The first-order valence-corrected chi connectivity index (χ1v) is 26.0. The minimum absolute atomic E-state index is 0.0200. The molecule has 67 heavy (non-hydrogen) atoms. The Balaban J connectivity index is 1.18. The molecule has 0 spiro atoms. The predicted octanol–water partition coefficient (Wildman–Crippen LogP) is 11.7. The average Bonchev–Trinajstić information content (AvgIpc) is 3.64. The number of nitrogens with zero attached hydrogens (tertiary/aromatic N) is 2. The first kappa shape index (κ1) is 41.3. The van der Waals surface area contributed by atoms with Crippen molar-refractivity contribution in [2.45, 2.75) is 59.3 Å². The van der Waals surface area contributed by atoms with Gasteiger partial charge in [-0.2, -0.15) is 0 Å². The highest BCUT2D eigenvalue weighted by Gasteiger charge is 2.50. The van der Waals surface area contributed by atoms with E-state index in [1.165, 1.54) is 110 Å². The molecule has 3 heterocycles. The summed E-state index contributed by atoms with van der Waals surface area (Å²) >= 11 is 0. The zero-order valence-corrected chi connectivity index (χ0v) is 40.6. The lowest BCUT2D eigenvalue weighted by Gasteiger charge is -2.45. The molecule has 0 radical (unpaired) electrons. The Kier molecular flexibility index (Phi) is 9.37. The van der Waals surface area contributed by atoms with Crippen LogP contribution < -0.4 is 46.9 Å². The summed E-state index contributed by atoms with van der Waals surface area (Å²) in [5.74, 6) is 0. The maximum atomic E-state index is 2.61. The molecule has 324 valence electrons. The largest absolute Gasteiger partial charge is 0.311 e. The maximum absolute atomic E-state index is 2.77. The highest BCUT2D eigenvalue weighted by Crippen LogP contribution is 2.48. The summed E-state index contributed by atoms with van der Waals surface area (Å²) in [5, 5.41) is 5.70. The van der Waals surface area contributed by atoms with Gasteiger partial charge < -0.3 is 9.80 Å². The summed E-state index contributed by atoms with van der Waals surface area (Å²) in [6.07, 6.45) is 0. The van der Waals surface area contributed by atoms with Crippen LogP contribution in [0.5, 0.6) is 0 Å².